The number of hydrogen-bond donors (Lipinski definition) is 3. The molecule has 14 heavy (non-hydrogen) atoms. The number of benzene rings is 1. The fourth-order valence-corrected chi connectivity index (χ4v) is 1.25. The molecule has 1 aromatic rings. The highest BCUT2D eigenvalue weighted by Crippen LogP contribution is 2.34. The smallest absolute Gasteiger partial charge is 0.163 e. The van der Waals surface area contributed by atoms with Gasteiger partial charge in [-0.1, -0.05) is 12.1 Å². The molecule has 1 atom stereocenters. The molecule has 0 fully saturated rings. The van der Waals surface area contributed by atoms with Crippen LogP contribution in [0.1, 0.15) is 18.1 Å². The standard InChI is InChI=1S/C10H14O4/c1-14-9-4-2-3-7(10(9)13)8(12)5-6-11/h2-4,8,11-13H,5-6H2,1H3. The van der Waals surface area contributed by atoms with Crippen LogP contribution in [0.2, 0.25) is 0 Å². The molecule has 0 radical (unpaired) electrons. The number of rotatable bonds is 4. The predicted molar refractivity (Wildman–Crippen MR) is 51.3 cm³/mol. The maximum Gasteiger partial charge on any atom is 0.163 e. The summed E-state index contributed by atoms with van der Waals surface area (Å²) in [4.78, 5) is 0. The van der Waals surface area contributed by atoms with Crippen LogP contribution in [0.3, 0.4) is 0 Å². The average molecular weight is 198 g/mol. The lowest BCUT2D eigenvalue weighted by atomic mass is 10.1. The molecule has 0 aliphatic heterocycles. The van der Waals surface area contributed by atoms with Crippen molar-refractivity contribution in [2.45, 2.75) is 12.5 Å². The van der Waals surface area contributed by atoms with Gasteiger partial charge in [-0.3, -0.25) is 0 Å². The van der Waals surface area contributed by atoms with E-state index in [-0.39, 0.29) is 18.8 Å². The van der Waals surface area contributed by atoms with E-state index in [1.807, 2.05) is 0 Å². The Kier molecular flexibility index (Phi) is 3.73. The van der Waals surface area contributed by atoms with Crippen molar-refractivity contribution in [1.82, 2.24) is 0 Å². The number of ether oxygens (including phenoxy) is 1. The number of methoxy groups -OCH3 is 1. The first-order chi connectivity index (χ1) is 6.70. The third kappa shape index (κ3) is 2.16. The Morgan fingerprint density at radius 1 is 1.43 bits per heavy atom. The molecule has 1 aromatic carbocycles. The molecule has 78 valence electrons. The lowest BCUT2D eigenvalue weighted by Crippen LogP contribution is -2.01. The van der Waals surface area contributed by atoms with Gasteiger partial charge in [0.25, 0.3) is 0 Å². The molecule has 0 spiro atoms. The molecule has 1 unspecified atom stereocenters. The van der Waals surface area contributed by atoms with Crippen molar-refractivity contribution in [1.29, 1.82) is 0 Å². The molecule has 0 bridgehead atoms. The number of phenolic OH excluding ortho intramolecular Hbond substituents is 1. The molecular weight excluding hydrogens is 184 g/mol. The Morgan fingerprint density at radius 2 is 2.14 bits per heavy atom. The van der Waals surface area contributed by atoms with E-state index in [1.165, 1.54) is 7.11 Å². The molecule has 0 amide bonds. The lowest BCUT2D eigenvalue weighted by molar-refractivity contribution is 0.131. The van der Waals surface area contributed by atoms with Crippen LogP contribution in [0.4, 0.5) is 0 Å². The Hall–Kier alpha value is -1.26. The fraction of sp³-hybridized carbons (Fsp3) is 0.400. The maximum atomic E-state index is 9.62. The van der Waals surface area contributed by atoms with Crippen LogP contribution >= 0.6 is 0 Å². The number of aliphatic hydroxyl groups excluding tert-OH is 2. The zero-order valence-electron chi connectivity index (χ0n) is 7.97. The van der Waals surface area contributed by atoms with Crippen molar-refractivity contribution < 1.29 is 20.1 Å². The summed E-state index contributed by atoms with van der Waals surface area (Å²) in [5.74, 6) is 0.246. The Labute approximate surface area is 82.4 Å². The summed E-state index contributed by atoms with van der Waals surface area (Å²) in [6.45, 7) is -0.127. The van der Waals surface area contributed by atoms with Gasteiger partial charge in [0.05, 0.1) is 13.2 Å². The van der Waals surface area contributed by atoms with Crippen LogP contribution in [0.5, 0.6) is 11.5 Å². The summed E-state index contributed by atoms with van der Waals surface area (Å²) in [7, 11) is 1.44. The summed E-state index contributed by atoms with van der Waals surface area (Å²) >= 11 is 0. The summed E-state index contributed by atoms with van der Waals surface area (Å²) < 4.78 is 4.89. The van der Waals surface area contributed by atoms with Gasteiger partial charge in [-0.05, 0) is 6.07 Å². The van der Waals surface area contributed by atoms with Crippen LogP contribution in [0, 0.1) is 0 Å². The van der Waals surface area contributed by atoms with Crippen molar-refractivity contribution in [3.63, 3.8) is 0 Å². The van der Waals surface area contributed by atoms with Crippen molar-refractivity contribution in [2.24, 2.45) is 0 Å². The highest BCUT2D eigenvalue weighted by atomic mass is 16.5. The first-order valence-electron chi connectivity index (χ1n) is 4.35. The van der Waals surface area contributed by atoms with Crippen LogP contribution in [-0.4, -0.2) is 29.0 Å². The van der Waals surface area contributed by atoms with Gasteiger partial charge >= 0.3 is 0 Å². The first-order valence-corrected chi connectivity index (χ1v) is 4.35. The molecule has 0 aromatic heterocycles. The van der Waals surface area contributed by atoms with Gasteiger partial charge in [-0.15, -0.1) is 0 Å². The van der Waals surface area contributed by atoms with Crippen LogP contribution < -0.4 is 4.74 Å². The molecule has 4 nitrogen and oxygen atoms in total. The zero-order valence-corrected chi connectivity index (χ0v) is 7.97. The van der Waals surface area contributed by atoms with E-state index in [1.54, 1.807) is 18.2 Å². The van der Waals surface area contributed by atoms with E-state index >= 15 is 0 Å². The molecule has 0 saturated carbocycles. The van der Waals surface area contributed by atoms with Crippen LogP contribution in [0.15, 0.2) is 18.2 Å². The minimum Gasteiger partial charge on any atom is -0.504 e. The van der Waals surface area contributed by atoms with Gasteiger partial charge in [0, 0.05) is 18.6 Å². The molecule has 0 aliphatic carbocycles. The summed E-state index contributed by atoms with van der Waals surface area (Å²) in [5.41, 5.74) is 0.374. The normalized spacial score (nSPS) is 12.5. The Bertz CT molecular complexity index is 298. The van der Waals surface area contributed by atoms with Crippen molar-refractivity contribution >= 4 is 0 Å². The third-order valence-corrected chi connectivity index (χ3v) is 2.01. The summed E-state index contributed by atoms with van der Waals surface area (Å²) in [6.07, 6.45) is -0.670. The fourth-order valence-electron chi connectivity index (χ4n) is 1.25. The molecule has 0 aliphatic rings. The molecule has 3 N–H and O–H groups in total. The molecular formula is C10H14O4. The minimum atomic E-state index is -0.866. The minimum absolute atomic E-state index is 0.0732. The van der Waals surface area contributed by atoms with Gasteiger partial charge in [0.1, 0.15) is 0 Å². The van der Waals surface area contributed by atoms with Gasteiger partial charge < -0.3 is 20.1 Å². The van der Waals surface area contributed by atoms with Crippen LogP contribution in [0.25, 0.3) is 0 Å². The van der Waals surface area contributed by atoms with E-state index in [9.17, 15) is 10.2 Å². The largest absolute Gasteiger partial charge is 0.504 e. The van der Waals surface area contributed by atoms with Gasteiger partial charge in [0.15, 0.2) is 11.5 Å². The maximum absolute atomic E-state index is 9.62. The number of para-hydroxylation sites is 1. The van der Waals surface area contributed by atoms with Crippen molar-refractivity contribution in [3.05, 3.63) is 23.8 Å². The quantitative estimate of drug-likeness (QED) is 0.669. The molecule has 0 heterocycles. The van der Waals surface area contributed by atoms with Gasteiger partial charge in [-0.25, -0.2) is 0 Å². The predicted octanol–water partition coefficient (Wildman–Crippen LogP) is 0.817. The SMILES string of the molecule is COc1cccc(C(O)CCO)c1O. The second-order valence-electron chi connectivity index (χ2n) is 2.93. The Balaban J connectivity index is 2.96. The van der Waals surface area contributed by atoms with E-state index in [4.69, 9.17) is 9.84 Å². The topological polar surface area (TPSA) is 69.9 Å². The third-order valence-electron chi connectivity index (χ3n) is 2.01. The van der Waals surface area contributed by atoms with E-state index in [0.29, 0.717) is 11.3 Å². The van der Waals surface area contributed by atoms with E-state index < -0.39 is 6.10 Å². The highest BCUT2D eigenvalue weighted by Gasteiger charge is 2.14. The monoisotopic (exact) mass is 198 g/mol. The van der Waals surface area contributed by atoms with Crippen LogP contribution in [-0.2, 0) is 0 Å². The van der Waals surface area contributed by atoms with E-state index in [0.717, 1.165) is 0 Å². The number of aliphatic hydroxyl groups is 2. The summed E-state index contributed by atoms with van der Waals surface area (Å²) in [5, 5.41) is 27.8. The van der Waals surface area contributed by atoms with E-state index in [2.05, 4.69) is 0 Å². The number of hydrogen-bond acceptors (Lipinski definition) is 4. The molecule has 4 heteroatoms. The number of phenols is 1. The lowest BCUT2D eigenvalue weighted by Gasteiger charge is -2.13. The van der Waals surface area contributed by atoms with Gasteiger partial charge in [0.2, 0.25) is 0 Å². The first kappa shape index (κ1) is 10.8. The van der Waals surface area contributed by atoms with Crippen molar-refractivity contribution in [2.75, 3.05) is 13.7 Å². The van der Waals surface area contributed by atoms with Crippen molar-refractivity contribution in [3.8, 4) is 11.5 Å². The Morgan fingerprint density at radius 3 is 2.71 bits per heavy atom. The second-order valence-corrected chi connectivity index (χ2v) is 2.93. The summed E-state index contributed by atoms with van der Waals surface area (Å²) in [6, 6.07) is 4.87. The molecule has 1 rings (SSSR count). The highest BCUT2D eigenvalue weighted by molar-refractivity contribution is 5.46. The second kappa shape index (κ2) is 4.83. The number of aromatic hydroxyl groups is 1. The molecule has 0 saturated heterocycles. The zero-order chi connectivity index (χ0) is 10.6. The average Bonchev–Trinajstić information content (AvgIpc) is 2.18. The van der Waals surface area contributed by atoms with Gasteiger partial charge in [-0.2, -0.15) is 0 Å².